The van der Waals surface area contributed by atoms with E-state index in [0.717, 1.165) is 11.5 Å². The maximum absolute atomic E-state index is 4.72. The van der Waals surface area contributed by atoms with Crippen LogP contribution in [0, 0.1) is 20.8 Å². The topological polar surface area (TPSA) is 67.6 Å². The zero-order valence-corrected chi connectivity index (χ0v) is 17.4. The van der Waals surface area contributed by atoms with Crippen LogP contribution in [0.3, 0.4) is 0 Å². The van der Waals surface area contributed by atoms with Gasteiger partial charge in [0.05, 0.1) is 18.0 Å². The van der Waals surface area contributed by atoms with Crippen LogP contribution in [-0.4, -0.2) is 19.9 Å². The summed E-state index contributed by atoms with van der Waals surface area (Å²) in [7, 11) is 0. The Bertz CT molecular complexity index is 414. The maximum atomic E-state index is 4.72. The van der Waals surface area contributed by atoms with Crippen molar-refractivity contribution in [2.75, 3.05) is 0 Å². The summed E-state index contributed by atoms with van der Waals surface area (Å²) in [5, 5.41) is 0. The molecule has 0 fully saturated rings. The van der Waals surface area contributed by atoms with Gasteiger partial charge in [-0.2, -0.15) is 0 Å². The van der Waals surface area contributed by atoms with Crippen molar-refractivity contribution in [3.8, 4) is 0 Å². The van der Waals surface area contributed by atoms with E-state index in [-0.39, 0.29) is 0 Å². The summed E-state index contributed by atoms with van der Waals surface area (Å²) >= 11 is 1.67. The second-order valence-electron chi connectivity index (χ2n) is 3.46. The zero-order chi connectivity index (χ0) is 19.2. The van der Waals surface area contributed by atoms with Crippen LogP contribution in [0.5, 0.6) is 0 Å². The minimum atomic E-state index is 0.856. The fraction of sp³-hybridized carbons (Fsp3) is 0.500. The smallest absolute Gasteiger partial charge is 0.180 e. The van der Waals surface area contributed by atoms with E-state index in [4.69, 9.17) is 4.42 Å². The minimum Gasteiger partial charge on any atom is -0.449 e. The van der Waals surface area contributed by atoms with Crippen molar-refractivity contribution in [2.45, 2.75) is 62.3 Å². The Kier molecular flexibility index (Phi) is 26.2. The molecular weight excluding hydrogens is 320 g/mol. The second-order valence-corrected chi connectivity index (χ2v) is 4.55. The van der Waals surface area contributed by atoms with E-state index in [1.54, 1.807) is 30.1 Å². The van der Waals surface area contributed by atoms with Crippen molar-refractivity contribution in [3.05, 3.63) is 53.2 Å². The number of H-pyrrole nitrogens is 1. The summed E-state index contributed by atoms with van der Waals surface area (Å²) in [6.45, 7) is 17.9. The highest BCUT2D eigenvalue weighted by Crippen LogP contribution is 1.99. The van der Waals surface area contributed by atoms with Crippen LogP contribution in [0.4, 0.5) is 0 Å². The summed E-state index contributed by atoms with van der Waals surface area (Å²) in [6.07, 6.45) is 8.37. The summed E-state index contributed by atoms with van der Waals surface area (Å²) in [5.74, 6) is 0.856. The standard InChI is InChI=1S/C4H6N2.C4H5NO.C4H5NS.3C2H6/c3*1-4-2-5-3-6-4;3*1-2/h2-3H,1H3,(H,5,6);2*2-3H,1H3;3*1-2H3. The molecule has 3 heterocycles. The predicted molar refractivity (Wildman–Crippen MR) is 105 cm³/mol. The van der Waals surface area contributed by atoms with E-state index in [1.807, 2.05) is 74.0 Å². The fourth-order valence-corrected chi connectivity index (χ4v) is 1.29. The zero-order valence-electron chi connectivity index (χ0n) is 16.6. The second kappa shape index (κ2) is 23.3. The van der Waals surface area contributed by atoms with Gasteiger partial charge in [-0.15, -0.1) is 11.3 Å². The summed E-state index contributed by atoms with van der Waals surface area (Å²) in [4.78, 5) is 15.4. The molecule has 0 aliphatic heterocycles. The van der Waals surface area contributed by atoms with Crippen LogP contribution < -0.4 is 0 Å². The number of thiazole rings is 1. The molecule has 0 radical (unpaired) electrons. The van der Waals surface area contributed by atoms with E-state index in [9.17, 15) is 0 Å². The van der Waals surface area contributed by atoms with Gasteiger partial charge in [-0.1, -0.05) is 41.5 Å². The lowest BCUT2D eigenvalue weighted by molar-refractivity contribution is 0.527. The van der Waals surface area contributed by atoms with Crippen molar-refractivity contribution < 1.29 is 4.42 Å². The normalized spacial score (nSPS) is 7.38. The van der Waals surface area contributed by atoms with Crippen LogP contribution in [0.2, 0.25) is 0 Å². The van der Waals surface area contributed by atoms with Crippen LogP contribution in [-0.2, 0) is 0 Å². The van der Waals surface area contributed by atoms with Gasteiger partial charge in [0.2, 0.25) is 0 Å². The summed E-state index contributed by atoms with van der Waals surface area (Å²) in [6, 6.07) is 0. The number of oxazole rings is 1. The number of aryl methyl sites for hydroxylation is 3. The fourth-order valence-electron chi connectivity index (χ4n) is 0.884. The van der Waals surface area contributed by atoms with Gasteiger partial charge < -0.3 is 9.40 Å². The first-order valence-corrected chi connectivity index (χ1v) is 9.21. The number of aromatic amines is 1. The molecule has 0 aliphatic rings. The van der Waals surface area contributed by atoms with Crippen LogP contribution in [0.25, 0.3) is 0 Å². The third-order valence-corrected chi connectivity index (χ3v) is 2.45. The van der Waals surface area contributed by atoms with Crippen molar-refractivity contribution in [1.82, 2.24) is 19.9 Å². The molecule has 5 nitrogen and oxygen atoms in total. The van der Waals surface area contributed by atoms with E-state index in [1.165, 1.54) is 11.3 Å². The number of aromatic nitrogens is 4. The molecule has 0 bridgehead atoms. The monoisotopic (exact) mass is 354 g/mol. The average molecular weight is 355 g/mol. The van der Waals surface area contributed by atoms with Crippen molar-refractivity contribution in [2.24, 2.45) is 0 Å². The molecule has 0 saturated carbocycles. The van der Waals surface area contributed by atoms with Gasteiger partial charge in [0.25, 0.3) is 0 Å². The molecule has 6 heteroatoms. The number of nitrogens with zero attached hydrogens (tertiary/aromatic N) is 3. The Morgan fingerprint density at radius 1 is 0.833 bits per heavy atom. The first-order chi connectivity index (χ1) is 11.7. The first kappa shape index (κ1) is 26.9. The highest BCUT2D eigenvalue weighted by Gasteiger charge is 1.77. The predicted octanol–water partition coefficient (Wildman–Crippen LogP) is 6.23. The maximum Gasteiger partial charge on any atom is 0.180 e. The Labute approximate surface area is 151 Å². The molecular formula is C18H34N4OS. The quantitative estimate of drug-likeness (QED) is 0.519. The molecule has 0 atom stereocenters. The number of nitrogens with one attached hydrogen (secondary N) is 1. The minimum absolute atomic E-state index is 0.856. The van der Waals surface area contributed by atoms with Gasteiger partial charge in [0.15, 0.2) is 6.39 Å². The molecule has 0 unspecified atom stereocenters. The number of hydrogen-bond acceptors (Lipinski definition) is 5. The summed E-state index contributed by atoms with van der Waals surface area (Å²) < 4.78 is 4.72. The molecule has 0 aliphatic carbocycles. The molecule has 24 heavy (non-hydrogen) atoms. The van der Waals surface area contributed by atoms with Crippen LogP contribution in [0.1, 0.15) is 57.9 Å². The number of hydrogen-bond donors (Lipinski definition) is 1. The van der Waals surface area contributed by atoms with E-state index in [0.29, 0.717) is 0 Å². The molecule has 0 aromatic carbocycles. The lowest BCUT2D eigenvalue weighted by Gasteiger charge is -1.67. The first-order valence-electron chi connectivity index (χ1n) is 8.33. The molecule has 138 valence electrons. The molecule has 0 spiro atoms. The number of rotatable bonds is 0. The largest absolute Gasteiger partial charge is 0.449 e. The summed E-state index contributed by atoms with van der Waals surface area (Å²) in [5.41, 5.74) is 2.94. The molecule has 1 N–H and O–H groups in total. The molecule has 0 saturated heterocycles. The van der Waals surface area contributed by atoms with Gasteiger partial charge in [-0.3, -0.25) is 4.98 Å². The molecule has 0 amide bonds. The van der Waals surface area contributed by atoms with Gasteiger partial charge >= 0.3 is 0 Å². The SMILES string of the molecule is CC.CC.CC.Cc1cnc[nH]1.Cc1cnco1.Cc1cncs1. The van der Waals surface area contributed by atoms with E-state index < -0.39 is 0 Å². The van der Waals surface area contributed by atoms with E-state index in [2.05, 4.69) is 19.9 Å². The van der Waals surface area contributed by atoms with Crippen LogP contribution >= 0.6 is 11.3 Å². The van der Waals surface area contributed by atoms with Crippen molar-refractivity contribution >= 4 is 11.3 Å². The Hall–Kier alpha value is -1.95. The van der Waals surface area contributed by atoms with E-state index >= 15 is 0 Å². The third kappa shape index (κ3) is 20.1. The highest BCUT2D eigenvalue weighted by atomic mass is 32.1. The lowest BCUT2D eigenvalue weighted by Crippen LogP contribution is -1.59. The van der Waals surface area contributed by atoms with Gasteiger partial charge in [-0.25, -0.2) is 9.97 Å². The average Bonchev–Trinajstić information content (AvgIpc) is 3.40. The molecule has 3 aromatic heterocycles. The van der Waals surface area contributed by atoms with Gasteiger partial charge in [0.1, 0.15) is 5.76 Å². The molecule has 3 aromatic rings. The van der Waals surface area contributed by atoms with Gasteiger partial charge in [-0.05, 0) is 20.8 Å². The lowest BCUT2D eigenvalue weighted by atomic mass is 10.6. The highest BCUT2D eigenvalue weighted by molar-refractivity contribution is 7.09. The van der Waals surface area contributed by atoms with Crippen molar-refractivity contribution in [1.29, 1.82) is 0 Å². The van der Waals surface area contributed by atoms with Gasteiger partial charge in [0, 0.05) is 23.0 Å². The Morgan fingerprint density at radius 3 is 1.58 bits per heavy atom. The van der Waals surface area contributed by atoms with Crippen molar-refractivity contribution in [3.63, 3.8) is 0 Å². The Morgan fingerprint density at radius 2 is 1.46 bits per heavy atom. The Balaban J connectivity index is -0.000000239. The third-order valence-electron chi connectivity index (χ3n) is 1.75. The number of imidazole rings is 1. The molecule has 3 rings (SSSR count). The van der Waals surface area contributed by atoms with Crippen LogP contribution in [0.15, 0.2) is 41.2 Å².